The van der Waals surface area contributed by atoms with Crippen molar-refractivity contribution >= 4 is 62.6 Å². The maximum Gasteiger partial charge on any atom is 0.0268 e. The van der Waals surface area contributed by atoms with E-state index in [1.807, 2.05) is 21.6 Å². The molecule has 70 valence electrons. The predicted octanol–water partition coefficient (Wildman–Crippen LogP) is -2.49. The van der Waals surface area contributed by atoms with Crippen LogP contribution in [0.1, 0.15) is 0 Å². The van der Waals surface area contributed by atoms with Crippen molar-refractivity contribution in [2.24, 2.45) is 0 Å². The van der Waals surface area contributed by atoms with Crippen LogP contribution in [0.2, 0.25) is 0 Å². The summed E-state index contributed by atoms with van der Waals surface area (Å²) in [7, 11) is 9.13. The molecule has 0 bridgehead atoms. The van der Waals surface area contributed by atoms with Gasteiger partial charge in [-0.3, -0.25) is 0 Å². The Labute approximate surface area is 95.5 Å². The molecule has 0 saturated carbocycles. The lowest BCUT2D eigenvalue weighted by Gasteiger charge is -1.94. The second kappa shape index (κ2) is 8.64. The van der Waals surface area contributed by atoms with Crippen molar-refractivity contribution < 1.29 is 0 Å². The Balaban J connectivity index is 3.23. The molecule has 0 fully saturated rings. The minimum absolute atomic E-state index is 1.22. The Bertz CT molecular complexity index is 150. The van der Waals surface area contributed by atoms with Gasteiger partial charge in [-0.1, -0.05) is 33.7 Å². The zero-order chi connectivity index (χ0) is 9.40. The van der Waals surface area contributed by atoms with Crippen LogP contribution in [0.3, 0.4) is 0 Å². The van der Waals surface area contributed by atoms with Crippen LogP contribution in [-0.4, -0.2) is 52.5 Å². The van der Waals surface area contributed by atoms with Gasteiger partial charge in [0.2, 0.25) is 0 Å². The third-order valence-corrected chi connectivity index (χ3v) is 4.92. The molecule has 0 aliphatic rings. The average Bonchev–Trinajstić information content (AvgIpc) is 1.95. The standard InChI is InChI=1S/C6H18S2Si4/c9-5(10)1-3-7-8-4-2-6(11)12/h1-2H,3-4H2,9-12H3. The quantitative estimate of drug-likeness (QED) is 0.307. The molecule has 0 atom stereocenters. The lowest BCUT2D eigenvalue weighted by molar-refractivity contribution is 1.79. The molecule has 6 heteroatoms. The van der Waals surface area contributed by atoms with E-state index in [4.69, 9.17) is 0 Å². The van der Waals surface area contributed by atoms with Crippen molar-refractivity contribution in [1.29, 1.82) is 0 Å². The monoisotopic (exact) mass is 266 g/mol. The van der Waals surface area contributed by atoms with Gasteiger partial charge in [0, 0.05) is 52.5 Å². The molecule has 0 rings (SSSR count). The van der Waals surface area contributed by atoms with Gasteiger partial charge in [0.25, 0.3) is 0 Å². The molecule has 0 saturated heterocycles. The van der Waals surface area contributed by atoms with Crippen LogP contribution in [0.15, 0.2) is 21.8 Å². The molecule has 0 heterocycles. The Morgan fingerprint density at radius 2 is 1.17 bits per heavy atom. The van der Waals surface area contributed by atoms with Crippen molar-refractivity contribution in [2.45, 2.75) is 0 Å². The van der Waals surface area contributed by atoms with E-state index in [2.05, 4.69) is 12.2 Å². The van der Waals surface area contributed by atoms with E-state index >= 15 is 0 Å². The van der Waals surface area contributed by atoms with Crippen LogP contribution < -0.4 is 0 Å². The highest BCUT2D eigenvalue weighted by molar-refractivity contribution is 8.76. The van der Waals surface area contributed by atoms with Crippen molar-refractivity contribution in [2.75, 3.05) is 11.5 Å². The van der Waals surface area contributed by atoms with Crippen molar-refractivity contribution in [3.8, 4) is 0 Å². The zero-order valence-electron chi connectivity index (χ0n) is 8.39. The second-order valence-corrected chi connectivity index (χ2v) is 16.0. The first-order valence-corrected chi connectivity index (χ1v) is 10.6. The van der Waals surface area contributed by atoms with Crippen LogP contribution in [0.5, 0.6) is 0 Å². The van der Waals surface area contributed by atoms with E-state index in [0.717, 1.165) is 0 Å². The second-order valence-electron chi connectivity index (χ2n) is 3.13. The summed E-state index contributed by atoms with van der Waals surface area (Å²) in [5, 5.41) is 0. The number of hydrogen-bond donors (Lipinski definition) is 0. The summed E-state index contributed by atoms with van der Waals surface area (Å²) in [4.78, 5) is 3.40. The van der Waals surface area contributed by atoms with Gasteiger partial charge in [0.1, 0.15) is 0 Å². The molecule has 0 spiro atoms. The van der Waals surface area contributed by atoms with Gasteiger partial charge in [-0.2, -0.15) is 0 Å². The molecule has 0 aromatic heterocycles. The molecule has 0 unspecified atom stereocenters. The SMILES string of the molecule is [SiH3]C([SiH3])=CCSSCC=C([SiH3])[SiH3]. The van der Waals surface area contributed by atoms with Gasteiger partial charge >= 0.3 is 0 Å². The third-order valence-electron chi connectivity index (χ3n) is 1.20. The third kappa shape index (κ3) is 11.0. The minimum atomic E-state index is 1.22. The first-order chi connectivity index (χ1) is 5.63. The summed E-state index contributed by atoms with van der Waals surface area (Å²) >= 11 is 0. The van der Waals surface area contributed by atoms with Gasteiger partial charge < -0.3 is 0 Å². The fourth-order valence-corrected chi connectivity index (χ4v) is 4.48. The Morgan fingerprint density at radius 1 is 0.833 bits per heavy atom. The summed E-state index contributed by atoms with van der Waals surface area (Å²) < 4.78 is 0. The van der Waals surface area contributed by atoms with Gasteiger partial charge in [-0.05, 0) is 0 Å². The van der Waals surface area contributed by atoms with Crippen molar-refractivity contribution in [3.05, 3.63) is 21.8 Å². The van der Waals surface area contributed by atoms with E-state index in [0.29, 0.717) is 0 Å². The average molecular weight is 267 g/mol. The van der Waals surface area contributed by atoms with Crippen molar-refractivity contribution in [3.63, 3.8) is 0 Å². The zero-order valence-corrected chi connectivity index (χ0v) is 18.0. The summed E-state index contributed by atoms with van der Waals surface area (Å²) in [6.07, 6.45) is 4.81. The first-order valence-electron chi connectivity index (χ1n) is 4.14. The molecule has 0 nitrogen and oxygen atoms in total. The highest BCUT2D eigenvalue weighted by atomic mass is 33.1. The summed E-state index contributed by atoms with van der Waals surface area (Å²) in [6.45, 7) is 0. The summed E-state index contributed by atoms with van der Waals surface area (Å²) in [5.74, 6) is 2.44. The van der Waals surface area contributed by atoms with Crippen LogP contribution in [-0.2, 0) is 0 Å². The molecule has 0 aromatic rings. The Morgan fingerprint density at radius 3 is 1.42 bits per heavy atom. The van der Waals surface area contributed by atoms with E-state index in [9.17, 15) is 0 Å². The van der Waals surface area contributed by atoms with Crippen molar-refractivity contribution in [1.82, 2.24) is 0 Å². The molecular formula is C6H18S2Si4. The lowest BCUT2D eigenvalue weighted by Crippen LogP contribution is -1.81. The molecule has 0 aliphatic carbocycles. The maximum absolute atomic E-state index is 2.40. The van der Waals surface area contributed by atoms with Gasteiger partial charge in [0.15, 0.2) is 0 Å². The fraction of sp³-hybridized carbons (Fsp3) is 0.333. The smallest absolute Gasteiger partial charge is 0.0268 e. The van der Waals surface area contributed by atoms with E-state index in [1.165, 1.54) is 52.5 Å². The molecule has 0 aliphatic heterocycles. The lowest BCUT2D eigenvalue weighted by atomic mass is 10.8. The van der Waals surface area contributed by atoms with Crippen LogP contribution in [0, 0.1) is 0 Å². The molecule has 0 N–H and O–H groups in total. The van der Waals surface area contributed by atoms with Crippen LogP contribution in [0.4, 0.5) is 0 Å². The maximum atomic E-state index is 2.40. The van der Waals surface area contributed by atoms with Gasteiger partial charge in [-0.15, -0.1) is 9.64 Å². The largest absolute Gasteiger partial charge is 0.114 e. The molecule has 12 heavy (non-hydrogen) atoms. The van der Waals surface area contributed by atoms with E-state index in [-0.39, 0.29) is 0 Å². The highest BCUT2D eigenvalue weighted by Crippen LogP contribution is 2.21. The van der Waals surface area contributed by atoms with E-state index in [1.54, 1.807) is 9.64 Å². The molecule has 0 amide bonds. The normalized spacial score (nSPS) is 10.3. The summed E-state index contributed by atoms with van der Waals surface area (Å²) in [6, 6.07) is 0. The fourth-order valence-electron chi connectivity index (χ4n) is 0.498. The molecule has 0 aromatic carbocycles. The number of rotatable bonds is 5. The summed E-state index contributed by atoms with van der Waals surface area (Å²) in [5.41, 5.74) is 0. The highest BCUT2D eigenvalue weighted by Gasteiger charge is 1.85. The predicted molar refractivity (Wildman–Crippen MR) is 80.8 cm³/mol. The van der Waals surface area contributed by atoms with Gasteiger partial charge in [0.05, 0.1) is 0 Å². The first kappa shape index (κ1) is 13.0. The Kier molecular flexibility index (Phi) is 9.39. The minimum Gasteiger partial charge on any atom is -0.114 e. The van der Waals surface area contributed by atoms with Crippen LogP contribution >= 0.6 is 21.6 Å². The van der Waals surface area contributed by atoms with Crippen LogP contribution in [0.25, 0.3) is 0 Å². The van der Waals surface area contributed by atoms with Gasteiger partial charge in [-0.25, -0.2) is 0 Å². The number of hydrogen-bond acceptors (Lipinski definition) is 2. The molecule has 0 radical (unpaired) electrons. The molecular weight excluding hydrogens is 249 g/mol. The Hall–Kier alpha value is 1.05. The topological polar surface area (TPSA) is 0 Å². The van der Waals surface area contributed by atoms with E-state index < -0.39 is 0 Å².